The van der Waals surface area contributed by atoms with E-state index in [1.54, 1.807) is 18.2 Å². The van der Waals surface area contributed by atoms with Crippen LogP contribution in [0.2, 0.25) is 5.02 Å². The Morgan fingerprint density at radius 2 is 1.83 bits per heavy atom. The van der Waals surface area contributed by atoms with Crippen LogP contribution in [0.1, 0.15) is 30.0 Å². The molecule has 0 spiro atoms. The summed E-state index contributed by atoms with van der Waals surface area (Å²) in [5.41, 5.74) is 0.416. The number of anilines is 1. The Morgan fingerprint density at radius 3 is 2.52 bits per heavy atom. The van der Waals surface area contributed by atoms with E-state index in [1.165, 1.54) is 25.3 Å². The number of nitrogens with zero attached hydrogens (tertiary/aromatic N) is 3. The molecule has 6 rings (SSSR count). The highest BCUT2D eigenvalue weighted by molar-refractivity contribution is 9.12. The van der Waals surface area contributed by atoms with Crippen molar-refractivity contribution in [1.29, 1.82) is 0 Å². The molecule has 3 aliphatic carbocycles. The predicted octanol–water partition coefficient (Wildman–Crippen LogP) is 5.27. The fraction of sp³-hybridized carbons (Fsp3) is 0.276. The third-order valence-electron chi connectivity index (χ3n) is 8.24. The number of phenols is 1. The Balaban J connectivity index is 1.43. The third kappa shape index (κ3) is 4.30. The van der Waals surface area contributed by atoms with Gasteiger partial charge in [0.15, 0.2) is 17.4 Å². The Kier molecular flexibility index (Phi) is 6.69. The van der Waals surface area contributed by atoms with E-state index in [9.17, 15) is 37.5 Å². The number of fused-ring (bicyclic) bond motifs is 3. The van der Waals surface area contributed by atoms with E-state index in [-0.39, 0.29) is 45.0 Å². The number of hydrogen-bond acceptors (Lipinski definition) is 7. The van der Waals surface area contributed by atoms with Crippen LogP contribution in [0.25, 0.3) is 0 Å². The van der Waals surface area contributed by atoms with E-state index in [0.29, 0.717) is 17.2 Å². The molecule has 4 atom stereocenters. The lowest BCUT2D eigenvalue weighted by molar-refractivity contribution is -0.141. The largest absolute Gasteiger partial charge is 0.508 e. The quantitative estimate of drug-likeness (QED) is 0.271. The van der Waals surface area contributed by atoms with Crippen LogP contribution in [-0.2, 0) is 25.4 Å². The van der Waals surface area contributed by atoms with Crippen LogP contribution in [0.5, 0.6) is 5.75 Å². The first-order valence-corrected chi connectivity index (χ1v) is 14.0. The van der Waals surface area contributed by atoms with Gasteiger partial charge in [-0.25, -0.2) is 4.98 Å². The number of halogens is 5. The zero-order chi connectivity index (χ0) is 30.2. The normalized spacial score (nSPS) is 25.6. The molecule has 13 heteroatoms. The highest BCUT2D eigenvalue weighted by Gasteiger charge is 2.57. The predicted molar refractivity (Wildman–Crippen MR) is 147 cm³/mol. The molecule has 2 aromatic rings. The summed E-state index contributed by atoms with van der Waals surface area (Å²) in [6.45, 7) is 0. The molecule has 1 aromatic heterocycles. The first-order valence-electron chi connectivity index (χ1n) is 12.8. The monoisotopic (exact) mass is 661 g/mol. The van der Waals surface area contributed by atoms with Crippen molar-refractivity contribution in [2.24, 2.45) is 17.8 Å². The number of carbonyl (C=O) groups is 4. The minimum absolute atomic E-state index is 0.00427. The van der Waals surface area contributed by atoms with Gasteiger partial charge in [0.05, 0.1) is 21.3 Å². The molecule has 1 fully saturated rings. The minimum Gasteiger partial charge on any atom is -0.508 e. The topological polar surface area (TPSA) is 108 Å². The molecule has 1 saturated heterocycles. The molecule has 2 amide bonds. The third-order valence-corrected chi connectivity index (χ3v) is 9.12. The molecular formula is C29H20BrClF3N3O5. The van der Waals surface area contributed by atoms with Crippen LogP contribution >= 0.6 is 27.5 Å². The van der Waals surface area contributed by atoms with Crippen LogP contribution in [0.15, 0.2) is 69.8 Å². The Labute approximate surface area is 250 Å². The summed E-state index contributed by atoms with van der Waals surface area (Å²) in [5, 5.41) is 11.7. The number of alkyl halides is 3. The number of Topliss-reactive ketones (excluding diaryl/α,β-unsaturated/α-hetero) is 1. The Morgan fingerprint density at radius 1 is 1.10 bits per heavy atom. The van der Waals surface area contributed by atoms with E-state index in [1.807, 2.05) is 0 Å². The lowest BCUT2D eigenvalue weighted by atomic mass is 9.59. The second kappa shape index (κ2) is 9.91. The van der Waals surface area contributed by atoms with E-state index in [4.69, 9.17) is 11.6 Å². The molecule has 42 heavy (non-hydrogen) atoms. The number of benzene rings is 1. The number of amides is 2. The number of pyridine rings is 1. The number of hydrazine groups is 1. The van der Waals surface area contributed by atoms with Crippen molar-refractivity contribution in [1.82, 2.24) is 9.99 Å². The fourth-order valence-electron chi connectivity index (χ4n) is 6.48. The summed E-state index contributed by atoms with van der Waals surface area (Å²) in [7, 11) is 1.23. The van der Waals surface area contributed by atoms with Crippen LogP contribution in [0.3, 0.4) is 0 Å². The molecule has 216 valence electrons. The lowest BCUT2D eigenvalue weighted by Crippen LogP contribution is -2.46. The van der Waals surface area contributed by atoms with Gasteiger partial charge in [-0.1, -0.05) is 35.4 Å². The average molecular weight is 663 g/mol. The van der Waals surface area contributed by atoms with Crippen molar-refractivity contribution in [2.45, 2.75) is 24.9 Å². The first kappa shape index (κ1) is 28.4. The molecule has 1 aliphatic heterocycles. The summed E-state index contributed by atoms with van der Waals surface area (Å²) in [4.78, 5) is 57.8. The maximum atomic E-state index is 14.0. The van der Waals surface area contributed by atoms with Crippen LogP contribution in [-0.4, -0.2) is 45.5 Å². The van der Waals surface area contributed by atoms with Gasteiger partial charge in [0.1, 0.15) is 11.4 Å². The summed E-state index contributed by atoms with van der Waals surface area (Å²) in [6, 6.07) is 7.96. The SMILES string of the molecule is CN(c1nc(C(F)(F)F)ccc1Cl)N1C(=O)C2CC=C3C(c4cccc(O)c4)C4=C(CC3C2C1=O)C(=O)C(Br)=CC4=O. The average Bonchev–Trinajstić information content (AvgIpc) is 3.19. The second-order valence-electron chi connectivity index (χ2n) is 10.5. The summed E-state index contributed by atoms with van der Waals surface area (Å²) >= 11 is 9.32. The summed E-state index contributed by atoms with van der Waals surface area (Å²) in [6.07, 6.45) is -1.66. The van der Waals surface area contributed by atoms with Crippen molar-refractivity contribution in [3.8, 4) is 5.75 Å². The van der Waals surface area contributed by atoms with Crippen molar-refractivity contribution < 1.29 is 37.5 Å². The van der Waals surface area contributed by atoms with Crippen molar-refractivity contribution in [2.75, 3.05) is 12.1 Å². The number of carbonyl (C=O) groups excluding carboxylic acids is 4. The first-order chi connectivity index (χ1) is 19.8. The standard InChI is InChI=1S/C29H20BrClF3N3O5/c1-36(26-19(31)7-8-21(35-26)29(32,33)34)37-27(41)15-6-5-14-16(23(15)28(37)42)10-17-24(20(39)11-18(30)25(17)40)22(14)12-3-2-4-13(38)9-12/h2-5,7-9,11,15-16,22-23,38H,6,10H2,1H3. The van der Waals surface area contributed by atoms with Gasteiger partial charge in [-0.2, -0.15) is 18.2 Å². The molecule has 0 radical (unpaired) electrons. The number of aromatic hydroxyl groups is 1. The highest BCUT2D eigenvalue weighted by Crippen LogP contribution is 2.55. The molecule has 0 saturated carbocycles. The van der Waals surface area contributed by atoms with E-state index in [0.717, 1.165) is 16.1 Å². The van der Waals surface area contributed by atoms with E-state index in [2.05, 4.69) is 20.9 Å². The van der Waals surface area contributed by atoms with Gasteiger partial charge in [-0.15, -0.1) is 0 Å². The van der Waals surface area contributed by atoms with Gasteiger partial charge in [0.25, 0.3) is 11.8 Å². The van der Waals surface area contributed by atoms with Gasteiger partial charge < -0.3 is 5.11 Å². The number of phenolic OH excluding ortho intramolecular Hbond substituents is 1. The molecule has 8 nitrogen and oxygen atoms in total. The molecule has 2 heterocycles. The van der Waals surface area contributed by atoms with Crippen LogP contribution in [0, 0.1) is 17.8 Å². The number of aromatic nitrogens is 1. The fourth-order valence-corrected chi connectivity index (χ4v) is 7.16. The Bertz CT molecular complexity index is 1700. The number of ketones is 2. The zero-order valence-corrected chi connectivity index (χ0v) is 24.0. The summed E-state index contributed by atoms with van der Waals surface area (Å²) in [5.74, 6) is -5.85. The second-order valence-corrected chi connectivity index (χ2v) is 11.8. The zero-order valence-electron chi connectivity index (χ0n) is 21.7. The van der Waals surface area contributed by atoms with Gasteiger partial charge in [0, 0.05) is 30.2 Å². The lowest BCUT2D eigenvalue weighted by Gasteiger charge is -2.42. The smallest absolute Gasteiger partial charge is 0.433 e. The number of allylic oxidation sites excluding steroid dienone is 6. The van der Waals surface area contributed by atoms with Gasteiger partial charge in [-0.05, 0) is 64.5 Å². The molecular weight excluding hydrogens is 643 g/mol. The van der Waals surface area contributed by atoms with Crippen molar-refractivity contribution in [3.05, 3.63) is 86.0 Å². The van der Waals surface area contributed by atoms with Gasteiger partial charge in [-0.3, -0.25) is 24.2 Å². The maximum Gasteiger partial charge on any atom is 0.433 e. The van der Waals surface area contributed by atoms with Crippen molar-refractivity contribution >= 4 is 56.7 Å². The van der Waals surface area contributed by atoms with Gasteiger partial charge in [0.2, 0.25) is 0 Å². The van der Waals surface area contributed by atoms with Gasteiger partial charge >= 0.3 is 6.18 Å². The van der Waals surface area contributed by atoms with E-state index >= 15 is 0 Å². The highest BCUT2D eigenvalue weighted by atomic mass is 79.9. The maximum absolute atomic E-state index is 14.0. The van der Waals surface area contributed by atoms with Crippen LogP contribution in [0.4, 0.5) is 19.0 Å². The molecule has 4 unspecified atom stereocenters. The number of hydrogen-bond donors (Lipinski definition) is 1. The Hall–Kier alpha value is -3.77. The number of rotatable bonds is 3. The number of imide groups is 1. The molecule has 4 aliphatic rings. The van der Waals surface area contributed by atoms with E-state index < -0.39 is 59.0 Å². The minimum atomic E-state index is -4.78. The summed E-state index contributed by atoms with van der Waals surface area (Å²) < 4.78 is 40.2. The molecule has 0 bridgehead atoms. The molecule has 1 N–H and O–H groups in total. The van der Waals surface area contributed by atoms with Crippen LogP contribution < -0.4 is 5.01 Å². The van der Waals surface area contributed by atoms with Crippen molar-refractivity contribution in [3.63, 3.8) is 0 Å². The molecule has 1 aromatic carbocycles.